The lowest BCUT2D eigenvalue weighted by molar-refractivity contribution is 0.0658. The second-order valence-electron chi connectivity index (χ2n) is 3.87. The smallest absolute Gasteiger partial charge is 0.371 e. The summed E-state index contributed by atoms with van der Waals surface area (Å²) in [6, 6.07) is 8.16. The van der Waals surface area contributed by atoms with Crippen molar-refractivity contribution in [3.8, 4) is 17.2 Å². The van der Waals surface area contributed by atoms with Gasteiger partial charge in [-0.25, -0.2) is 4.79 Å². The first-order valence-electron chi connectivity index (χ1n) is 5.57. The van der Waals surface area contributed by atoms with Crippen molar-refractivity contribution in [1.82, 2.24) is 0 Å². The monoisotopic (exact) mass is 262 g/mol. The predicted octanol–water partition coefficient (Wildman–Crippen LogP) is 2.29. The van der Waals surface area contributed by atoms with Crippen molar-refractivity contribution in [2.24, 2.45) is 0 Å². The molecule has 0 saturated carbocycles. The summed E-state index contributed by atoms with van der Waals surface area (Å²) in [6.45, 7) is 0.353. The molecule has 0 fully saturated rings. The Morgan fingerprint density at radius 2 is 2.05 bits per heavy atom. The number of hydrogen-bond donors (Lipinski definition) is 1. The average molecular weight is 262 g/mol. The van der Waals surface area contributed by atoms with Gasteiger partial charge in [-0.2, -0.15) is 0 Å². The summed E-state index contributed by atoms with van der Waals surface area (Å²) in [6.07, 6.45) is 0. The molecule has 0 bridgehead atoms. The van der Waals surface area contributed by atoms with Gasteiger partial charge in [0.15, 0.2) is 11.5 Å². The standard InChI is InChI=1S/C13H10O6/c14-13(15)11-4-2-9(19-11)6-16-8-1-3-10-12(5-8)18-7-17-10/h1-5H,6-7H2,(H,14,15). The van der Waals surface area contributed by atoms with Crippen LogP contribution in [-0.4, -0.2) is 17.9 Å². The van der Waals surface area contributed by atoms with E-state index in [-0.39, 0.29) is 19.2 Å². The van der Waals surface area contributed by atoms with Gasteiger partial charge in [-0.1, -0.05) is 0 Å². The third-order valence-electron chi connectivity index (χ3n) is 2.60. The lowest BCUT2D eigenvalue weighted by Gasteiger charge is -2.04. The Bertz CT molecular complexity index is 615. The maximum absolute atomic E-state index is 10.7. The number of furan rings is 1. The molecule has 2 aromatic rings. The molecule has 2 heterocycles. The molecule has 0 spiro atoms. The molecule has 0 atom stereocenters. The van der Waals surface area contributed by atoms with Crippen molar-refractivity contribution in [3.05, 3.63) is 41.9 Å². The van der Waals surface area contributed by atoms with E-state index in [2.05, 4.69) is 0 Å². The van der Waals surface area contributed by atoms with Crippen molar-refractivity contribution in [3.63, 3.8) is 0 Å². The highest BCUT2D eigenvalue weighted by Gasteiger charge is 2.14. The first kappa shape index (κ1) is 11.5. The number of ether oxygens (including phenoxy) is 3. The van der Waals surface area contributed by atoms with Gasteiger partial charge >= 0.3 is 5.97 Å². The number of aromatic carboxylic acids is 1. The summed E-state index contributed by atoms with van der Waals surface area (Å²) < 4.78 is 21.0. The van der Waals surface area contributed by atoms with Crippen LogP contribution in [0.15, 0.2) is 34.7 Å². The highest BCUT2D eigenvalue weighted by atomic mass is 16.7. The van der Waals surface area contributed by atoms with Crippen LogP contribution >= 0.6 is 0 Å². The number of carboxylic acids is 1. The molecule has 6 heteroatoms. The number of fused-ring (bicyclic) bond motifs is 1. The number of rotatable bonds is 4. The lowest BCUT2D eigenvalue weighted by atomic mass is 10.3. The SMILES string of the molecule is O=C(O)c1ccc(COc2ccc3c(c2)OCO3)o1. The van der Waals surface area contributed by atoms with Crippen LogP contribution in [0.2, 0.25) is 0 Å². The molecule has 1 aliphatic rings. The Hall–Kier alpha value is -2.63. The van der Waals surface area contributed by atoms with E-state index in [0.717, 1.165) is 0 Å². The molecule has 1 aromatic heterocycles. The first-order valence-corrected chi connectivity index (χ1v) is 5.57. The van der Waals surface area contributed by atoms with Crippen molar-refractivity contribution < 1.29 is 28.5 Å². The van der Waals surface area contributed by atoms with Crippen LogP contribution < -0.4 is 14.2 Å². The summed E-state index contributed by atoms with van der Waals surface area (Å²) in [5, 5.41) is 8.72. The van der Waals surface area contributed by atoms with Crippen molar-refractivity contribution in [1.29, 1.82) is 0 Å². The van der Waals surface area contributed by atoms with Crippen LogP contribution in [0.3, 0.4) is 0 Å². The Morgan fingerprint density at radius 1 is 1.21 bits per heavy atom. The molecule has 1 N–H and O–H groups in total. The minimum Gasteiger partial charge on any atom is -0.486 e. The molecule has 0 saturated heterocycles. The topological polar surface area (TPSA) is 78.1 Å². The number of carbonyl (C=O) groups is 1. The summed E-state index contributed by atoms with van der Waals surface area (Å²) in [5.74, 6) is 1.13. The van der Waals surface area contributed by atoms with E-state index >= 15 is 0 Å². The third-order valence-corrected chi connectivity index (χ3v) is 2.60. The summed E-state index contributed by atoms with van der Waals surface area (Å²) >= 11 is 0. The molecule has 0 amide bonds. The van der Waals surface area contributed by atoms with E-state index in [4.69, 9.17) is 23.7 Å². The van der Waals surface area contributed by atoms with Crippen LogP contribution in [0.1, 0.15) is 16.3 Å². The van der Waals surface area contributed by atoms with Gasteiger partial charge in [0.25, 0.3) is 0 Å². The van der Waals surface area contributed by atoms with Gasteiger partial charge in [-0.05, 0) is 24.3 Å². The van der Waals surface area contributed by atoms with Gasteiger partial charge in [-0.3, -0.25) is 0 Å². The van der Waals surface area contributed by atoms with Crippen molar-refractivity contribution in [2.45, 2.75) is 6.61 Å². The highest BCUT2D eigenvalue weighted by molar-refractivity contribution is 5.84. The quantitative estimate of drug-likeness (QED) is 0.910. The van der Waals surface area contributed by atoms with Crippen molar-refractivity contribution >= 4 is 5.97 Å². The molecule has 0 radical (unpaired) electrons. The van der Waals surface area contributed by atoms with E-state index in [9.17, 15) is 4.79 Å². The van der Waals surface area contributed by atoms with Gasteiger partial charge in [0, 0.05) is 6.07 Å². The fourth-order valence-corrected chi connectivity index (χ4v) is 1.69. The van der Waals surface area contributed by atoms with Gasteiger partial charge < -0.3 is 23.7 Å². The normalized spacial score (nSPS) is 12.4. The number of hydrogen-bond acceptors (Lipinski definition) is 5. The van der Waals surface area contributed by atoms with Crippen LogP contribution in [0.25, 0.3) is 0 Å². The Labute approximate surface area is 108 Å². The first-order chi connectivity index (χ1) is 9.22. The van der Waals surface area contributed by atoms with E-state index < -0.39 is 5.97 Å². The highest BCUT2D eigenvalue weighted by Crippen LogP contribution is 2.35. The van der Waals surface area contributed by atoms with Crippen molar-refractivity contribution in [2.75, 3.05) is 6.79 Å². The minimum atomic E-state index is -1.10. The fourth-order valence-electron chi connectivity index (χ4n) is 1.69. The van der Waals surface area contributed by atoms with Crippen LogP contribution in [0.4, 0.5) is 0 Å². The van der Waals surface area contributed by atoms with Crippen LogP contribution in [0, 0.1) is 0 Å². The van der Waals surface area contributed by atoms with Gasteiger partial charge in [-0.15, -0.1) is 0 Å². The second kappa shape index (κ2) is 4.56. The molecular weight excluding hydrogens is 252 g/mol. The molecule has 0 aliphatic carbocycles. The third kappa shape index (κ3) is 2.33. The molecule has 19 heavy (non-hydrogen) atoms. The average Bonchev–Trinajstić information content (AvgIpc) is 3.04. The fraction of sp³-hybridized carbons (Fsp3) is 0.154. The number of carboxylic acid groups (broad SMARTS) is 1. The van der Waals surface area contributed by atoms with E-state index in [1.54, 1.807) is 24.3 Å². The Morgan fingerprint density at radius 3 is 2.84 bits per heavy atom. The Balaban J connectivity index is 1.67. The summed E-state index contributed by atoms with van der Waals surface area (Å²) in [4.78, 5) is 10.7. The molecule has 0 unspecified atom stereocenters. The molecule has 98 valence electrons. The maximum atomic E-state index is 10.7. The lowest BCUT2D eigenvalue weighted by Crippen LogP contribution is -1.95. The molecule has 3 rings (SSSR count). The van der Waals surface area contributed by atoms with E-state index in [0.29, 0.717) is 23.0 Å². The Kier molecular flexibility index (Phi) is 2.75. The zero-order chi connectivity index (χ0) is 13.2. The largest absolute Gasteiger partial charge is 0.486 e. The molecular formula is C13H10O6. The predicted molar refractivity (Wildman–Crippen MR) is 62.6 cm³/mol. The summed E-state index contributed by atoms with van der Waals surface area (Å²) in [5.41, 5.74) is 0. The molecule has 1 aliphatic heterocycles. The van der Waals surface area contributed by atoms with Crippen LogP contribution in [-0.2, 0) is 6.61 Å². The van der Waals surface area contributed by atoms with E-state index in [1.165, 1.54) is 6.07 Å². The van der Waals surface area contributed by atoms with Gasteiger partial charge in [0.05, 0.1) is 0 Å². The zero-order valence-corrected chi connectivity index (χ0v) is 9.79. The maximum Gasteiger partial charge on any atom is 0.371 e. The van der Waals surface area contributed by atoms with Crippen LogP contribution in [0.5, 0.6) is 17.2 Å². The minimum absolute atomic E-state index is 0.107. The summed E-state index contributed by atoms with van der Waals surface area (Å²) in [7, 11) is 0. The number of benzene rings is 1. The van der Waals surface area contributed by atoms with E-state index in [1.807, 2.05) is 0 Å². The molecule has 6 nitrogen and oxygen atoms in total. The zero-order valence-electron chi connectivity index (χ0n) is 9.79. The second-order valence-corrected chi connectivity index (χ2v) is 3.87. The molecule has 1 aromatic carbocycles. The van der Waals surface area contributed by atoms with Gasteiger partial charge in [0.1, 0.15) is 18.1 Å². The van der Waals surface area contributed by atoms with Gasteiger partial charge in [0.2, 0.25) is 12.6 Å².